The molecule has 1 N–H and O–H groups in total. The average Bonchev–Trinajstić information content (AvgIpc) is 3.01. The molecule has 0 spiro atoms. The molecule has 0 fully saturated rings. The largest absolute Gasteiger partial charge is 0.497 e. The summed E-state index contributed by atoms with van der Waals surface area (Å²) in [6, 6.07) is 8.82. The number of halogens is 3. The second-order valence-corrected chi connectivity index (χ2v) is 5.62. The molecule has 136 valence electrons. The number of hydrogen-bond donors (Lipinski definition) is 1. The van der Waals surface area contributed by atoms with E-state index in [0.717, 1.165) is 6.20 Å². The van der Waals surface area contributed by atoms with Gasteiger partial charge in [-0.25, -0.2) is 0 Å². The molecule has 1 atom stereocenters. The number of hydrogen-bond acceptors (Lipinski definition) is 5. The van der Waals surface area contributed by atoms with E-state index in [9.17, 15) is 23.1 Å². The molecule has 2 aromatic rings. The number of rotatable bonds is 3. The first-order chi connectivity index (χ1) is 12.3. The summed E-state index contributed by atoms with van der Waals surface area (Å²) >= 11 is 0. The number of aliphatic hydroxyl groups is 1. The summed E-state index contributed by atoms with van der Waals surface area (Å²) in [6.07, 6.45) is -3.49. The van der Waals surface area contributed by atoms with Crippen LogP contribution < -0.4 is 4.74 Å². The molecule has 0 bridgehead atoms. The highest BCUT2D eigenvalue weighted by molar-refractivity contribution is 6.05. The number of nitrogens with zero attached hydrogens (tertiary/aromatic N) is 3. The monoisotopic (exact) mass is 365 g/mol. The number of hydrazone groups is 1. The third-order valence-electron chi connectivity index (χ3n) is 3.96. The molecule has 2 heterocycles. The van der Waals surface area contributed by atoms with Gasteiger partial charge in [0.15, 0.2) is 0 Å². The van der Waals surface area contributed by atoms with E-state index in [4.69, 9.17) is 4.74 Å². The number of alkyl halides is 3. The van der Waals surface area contributed by atoms with Crippen LogP contribution in [0.5, 0.6) is 5.75 Å². The molecule has 0 saturated carbocycles. The topological polar surface area (TPSA) is 75.0 Å². The van der Waals surface area contributed by atoms with Crippen molar-refractivity contribution in [2.45, 2.75) is 18.3 Å². The molecule has 1 amide bonds. The highest BCUT2D eigenvalue weighted by Gasteiger charge is 2.63. The molecule has 1 aromatic carbocycles. The van der Waals surface area contributed by atoms with Gasteiger partial charge in [-0.15, -0.1) is 0 Å². The summed E-state index contributed by atoms with van der Waals surface area (Å²) in [7, 11) is 1.46. The van der Waals surface area contributed by atoms with Gasteiger partial charge in [-0.1, -0.05) is 0 Å². The van der Waals surface area contributed by atoms with Crippen molar-refractivity contribution >= 4 is 11.6 Å². The van der Waals surface area contributed by atoms with Crippen molar-refractivity contribution in [2.24, 2.45) is 5.10 Å². The summed E-state index contributed by atoms with van der Waals surface area (Å²) in [6.45, 7) is 0. The third kappa shape index (κ3) is 3.01. The standard InChI is InChI=1S/C17H14F3N3O3/c1-26-13-6-4-11(5-7-13)14-9-16(25,17(18,19)20)23(22-14)15(24)12-3-2-8-21-10-12/h2-8,10,25H,9H2,1H3. The Kier molecular flexibility index (Phi) is 4.41. The van der Waals surface area contributed by atoms with Crippen LogP contribution in [0.15, 0.2) is 53.9 Å². The van der Waals surface area contributed by atoms with E-state index in [-0.39, 0.29) is 16.3 Å². The summed E-state index contributed by atoms with van der Waals surface area (Å²) < 4.78 is 45.6. The zero-order valence-electron chi connectivity index (χ0n) is 13.6. The Bertz CT molecular complexity index is 838. The maximum absolute atomic E-state index is 13.5. The van der Waals surface area contributed by atoms with Crippen LogP contribution in [0.25, 0.3) is 0 Å². The molecular formula is C17H14F3N3O3. The predicted molar refractivity (Wildman–Crippen MR) is 85.6 cm³/mol. The fourth-order valence-electron chi connectivity index (χ4n) is 2.54. The molecule has 1 aliphatic heterocycles. The fourth-order valence-corrected chi connectivity index (χ4v) is 2.54. The number of methoxy groups -OCH3 is 1. The molecule has 1 unspecified atom stereocenters. The van der Waals surface area contributed by atoms with Crippen LogP contribution in [0.4, 0.5) is 13.2 Å². The minimum absolute atomic E-state index is 0.0651. The number of amides is 1. The van der Waals surface area contributed by atoms with Crippen molar-refractivity contribution < 1.29 is 27.8 Å². The van der Waals surface area contributed by atoms with E-state index in [0.29, 0.717) is 11.3 Å². The van der Waals surface area contributed by atoms with Crippen LogP contribution in [0, 0.1) is 0 Å². The highest BCUT2D eigenvalue weighted by Crippen LogP contribution is 2.42. The van der Waals surface area contributed by atoms with E-state index >= 15 is 0 Å². The molecule has 6 nitrogen and oxygen atoms in total. The zero-order valence-corrected chi connectivity index (χ0v) is 13.6. The number of benzene rings is 1. The van der Waals surface area contributed by atoms with Crippen molar-refractivity contribution in [1.82, 2.24) is 9.99 Å². The van der Waals surface area contributed by atoms with Gasteiger partial charge in [0.1, 0.15) is 5.75 Å². The number of carbonyl (C=O) groups is 1. The normalized spacial score (nSPS) is 20.0. The number of carbonyl (C=O) groups excluding carboxylic acids is 1. The first-order valence-corrected chi connectivity index (χ1v) is 7.52. The second-order valence-electron chi connectivity index (χ2n) is 5.62. The fraction of sp³-hybridized carbons (Fsp3) is 0.235. The lowest BCUT2D eigenvalue weighted by Crippen LogP contribution is -2.56. The van der Waals surface area contributed by atoms with E-state index in [1.54, 1.807) is 12.1 Å². The molecule has 9 heteroatoms. The maximum Gasteiger partial charge on any atom is 0.438 e. The SMILES string of the molecule is COc1ccc(C2=NN(C(=O)c3cccnc3)C(O)(C(F)(F)F)C2)cc1. The van der Waals surface area contributed by atoms with Crippen molar-refractivity contribution in [1.29, 1.82) is 0 Å². The number of ether oxygens (including phenoxy) is 1. The maximum atomic E-state index is 13.5. The van der Waals surface area contributed by atoms with E-state index in [1.807, 2.05) is 0 Å². The van der Waals surface area contributed by atoms with E-state index in [2.05, 4.69) is 10.1 Å². The summed E-state index contributed by atoms with van der Waals surface area (Å²) in [5, 5.41) is 14.1. The Hall–Kier alpha value is -2.94. The van der Waals surface area contributed by atoms with Gasteiger partial charge in [0.2, 0.25) is 0 Å². The number of pyridine rings is 1. The summed E-state index contributed by atoms with van der Waals surface area (Å²) in [4.78, 5) is 16.2. The van der Waals surface area contributed by atoms with Crippen LogP contribution in [0.1, 0.15) is 22.3 Å². The van der Waals surface area contributed by atoms with Gasteiger partial charge in [0.25, 0.3) is 11.6 Å². The van der Waals surface area contributed by atoms with Gasteiger partial charge in [-0.2, -0.15) is 23.3 Å². The van der Waals surface area contributed by atoms with E-state index < -0.39 is 24.2 Å². The van der Waals surface area contributed by atoms with Gasteiger partial charge in [0.05, 0.1) is 24.8 Å². The highest BCUT2D eigenvalue weighted by atomic mass is 19.4. The average molecular weight is 365 g/mol. The third-order valence-corrected chi connectivity index (χ3v) is 3.96. The molecule has 1 aromatic heterocycles. The lowest BCUT2D eigenvalue weighted by atomic mass is 10.0. The van der Waals surface area contributed by atoms with Gasteiger partial charge in [-0.05, 0) is 42.0 Å². The van der Waals surface area contributed by atoms with Crippen molar-refractivity contribution in [3.63, 3.8) is 0 Å². The van der Waals surface area contributed by atoms with Crippen LogP contribution in [-0.4, -0.2) is 45.7 Å². The quantitative estimate of drug-likeness (QED) is 0.907. The van der Waals surface area contributed by atoms with Gasteiger partial charge < -0.3 is 9.84 Å². The van der Waals surface area contributed by atoms with Crippen LogP contribution in [-0.2, 0) is 0 Å². The molecule has 1 aliphatic rings. The minimum Gasteiger partial charge on any atom is -0.497 e. The first kappa shape index (κ1) is 17.9. The Balaban J connectivity index is 2.02. The predicted octanol–water partition coefficient (Wildman–Crippen LogP) is 2.59. The van der Waals surface area contributed by atoms with Crippen molar-refractivity contribution in [2.75, 3.05) is 7.11 Å². The smallest absolute Gasteiger partial charge is 0.438 e. The molecule has 0 radical (unpaired) electrons. The van der Waals surface area contributed by atoms with Crippen LogP contribution in [0.3, 0.4) is 0 Å². The Morgan fingerprint density at radius 2 is 1.96 bits per heavy atom. The molecule has 0 saturated heterocycles. The van der Waals surface area contributed by atoms with Crippen molar-refractivity contribution in [3.05, 3.63) is 59.9 Å². The summed E-state index contributed by atoms with van der Waals surface area (Å²) in [5.41, 5.74) is -3.27. The molecule has 3 rings (SSSR count). The van der Waals surface area contributed by atoms with E-state index in [1.165, 1.54) is 37.6 Å². The number of aromatic nitrogens is 1. The Morgan fingerprint density at radius 3 is 2.50 bits per heavy atom. The lowest BCUT2D eigenvalue weighted by Gasteiger charge is -2.32. The summed E-state index contributed by atoms with van der Waals surface area (Å²) in [5.74, 6) is -0.580. The second kappa shape index (κ2) is 6.41. The first-order valence-electron chi connectivity index (χ1n) is 7.52. The van der Waals surface area contributed by atoms with Crippen LogP contribution in [0.2, 0.25) is 0 Å². The molecule has 0 aliphatic carbocycles. The minimum atomic E-state index is -5.09. The molecular weight excluding hydrogens is 351 g/mol. The van der Waals surface area contributed by atoms with Crippen molar-refractivity contribution in [3.8, 4) is 5.75 Å². The van der Waals surface area contributed by atoms with Gasteiger partial charge >= 0.3 is 6.18 Å². The van der Waals surface area contributed by atoms with Gasteiger partial charge in [0, 0.05) is 12.4 Å². The Morgan fingerprint density at radius 1 is 1.27 bits per heavy atom. The molecule has 26 heavy (non-hydrogen) atoms. The lowest BCUT2D eigenvalue weighted by molar-refractivity contribution is -0.297. The van der Waals surface area contributed by atoms with Crippen LogP contribution >= 0.6 is 0 Å². The Labute approximate surface area is 146 Å². The zero-order chi connectivity index (χ0) is 18.9. The van der Waals surface area contributed by atoms with Gasteiger partial charge in [-0.3, -0.25) is 9.78 Å².